The summed E-state index contributed by atoms with van der Waals surface area (Å²) >= 11 is 8.54. The van der Waals surface area contributed by atoms with Gasteiger partial charge in [0, 0.05) is 60.1 Å². The fourth-order valence-electron chi connectivity index (χ4n) is 3.36. The zero-order chi connectivity index (χ0) is 21.0. The highest BCUT2D eigenvalue weighted by Crippen LogP contribution is 2.29. The predicted molar refractivity (Wildman–Crippen MR) is 113 cm³/mol. The van der Waals surface area contributed by atoms with E-state index in [1.54, 1.807) is 17.0 Å². The Morgan fingerprint density at radius 2 is 2.00 bits per heavy atom. The number of benzene rings is 1. The van der Waals surface area contributed by atoms with E-state index in [2.05, 4.69) is 36.2 Å². The number of halogens is 5. The van der Waals surface area contributed by atoms with Crippen molar-refractivity contribution in [2.75, 3.05) is 19.6 Å². The van der Waals surface area contributed by atoms with Gasteiger partial charge < -0.3 is 4.90 Å². The summed E-state index contributed by atoms with van der Waals surface area (Å²) in [6.07, 6.45) is -1.73. The maximum Gasteiger partial charge on any atom is 0.435 e. The van der Waals surface area contributed by atoms with Crippen LogP contribution in [0.4, 0.5) is 13.2 Å². The molecule has 0 unspecified atom stereocenters. The molecule has 10 heteroatoms. The average molecular weight is 541 g/mol. The average Bonchev–Trinajstić information content (AvgIpc) is 3.18. The number of nitrogens with zero attached hydrogens (tertiary/aromatic N) is 3. The molecule has 0 radical (unpaired) electrons. The molecule has 0 saturated carbocycles. The lowest BCUT2D eigenvalue weighted by Crippen LogP contribution is -2.34. The maximum absolute atomic E-state index is 13.0. The van der Waals surface area contributed by atoms with Gasteiger partial charge >= 0.3 is 6.18 Å². The van der Waals surface area contributed by atoms with Gasteiger partial charge in [-0.15, -0.1) is 0 Å². The molecule has 29 heavy (non-hydrogen) atoms. The van der Waals surface area contributed by atoms with Crippen LogP contribution in [0.1, 0.15) is 41.0 Å². The minimum Gasteiger partial charge on any atom is -0.333 e. The van der Waals surface area contributed by atoms with Gasteiger partial charge in [-0.1, -0.05) is 29.8 Å². The van der Waals surface area contributed by atoms with Crippen molar-refractivity contribution in [3.05, 3.63) is 52.3 Å². The maximum atomic E-state index is 13.0. The number of carbonyl (C=O) groups excluding carboxylic acids is 1. The van der Waals surface area contributed by atoms with E-state index >= 15 is 0 Å². The summed E-state index contributed by atoms with van der Waals surface area (Å²) in [6.45, 7) is 2.67. The number of hydrogen-bond acceptors (Lipinski definition) is 3. The number of aromatic nitrogens is 2. The molecule has 1 saturated heterocycles. The van der Waals surface area contributed by atoms with Crippen LogP contribution in [0.25, 0.3) is 0 Å². The van der Waals surface area contributed by atoms with Crippen LogP contribution in [0.2, 0.25) is 5.02 Å². The molecule has 0 bridgehead atoms. The monoisotopic (exact) mass is 540 g/mol. The molecule has 1 aliphatic rings. The quantitative estimate of drug-likeness (QED) is 0.406. The van der Waals surface area contributed by atoms with Gasteiger partial charge in [0.25, 0.3) is 5.91 Å². The Labute approximate surface area is 186 Å². The van der Waals surface area contributed by atoms with Crippen molar-refractivity contribution in [1.29, 1.82) is 0 Å². The van der Waals surface area contributed by atoms with Gasteiger partial charge in [-0.2, -0.15) is 18.3 Å². The topological polar surface area (TPSA) is 52.2 Å². The second kappa shape index (κ2) is 9.65. The molecule has 158 valence electrons. The Morgan fingerprint density at radius 3 is 2.62 bits per heavy atom. The molecule has 0 aliphatic carbocycles. The fraction of sp³-hybridized carbons (Fsp3) is 0.474. The number of H-pyrrole nitrogens is 1. The van der Waals surface area contributed by atoms with Gasteiger partial charge in [-0.25, -0.2) is 3.11 Å². The van der Waals surface area contributed by atoms with Gasteiger partial charge in [0.1, 0.15) is 5.69 Å². The van der Waals surface area contributed by atoms with Crippen LogP contribution in [-0.4, -0.2) is 43.8 Å². The summed E-state index contributed by atoms with van der Waals surface area (Å²) in [5.74, 6) is -0.0330. The summed E-state index contributed by atoms with van der Waals surface area (Å²) in [6, 6.07) is 7.91. The number of piperidine rings is 1. The molecule has 1 aromatic carbocycles. The third-order valence-electron chi connectivity index (χ3n) is 5.07. The van der Waals surface area contributed by atoms with E-state index < -0.39 is 17.8 Å². The smallest absolute Gasteiger partial charge is 0.333 e. The first kappa shape index (κ1) is 22.4. The zero-order valence-corrected chi connectivity index (χ0v) is 18.5. The molecule has 1 fully saturated rings. The Morgan fingerprint density at radius 1 is 1.31 bits per heavy atom. The molecule has 1 amide bonds. The van der Waals surface area contributed by atoms with Gasteiger partial charge in [0.15, 0.2) is 5.69 Å². The first-order valence-electron chi connectivity index (χ1n) is 9.30. The summed E-state index contributed by atoms with van der Waals surface area (Å²) < 4.78 is 40.8. The number of rotatable bonds is 6. The second-order valence-electron chi connectivity index (χ2n) is 7.12. The van der Waals surface area contributed by atoms with E-state index in [1.807, 2.05) is 12.1 Å². The molecule has 5 nitrogen and oxygen atoms in total. The minimum absolute atomic E-state index is 0.175. The number of aromatic amines is 1. The van der Waals surface area contributed by atoms with Crippen molar-refractivity contribution in [2.24, 2.45) is 5.92 Å². The van der Waals surface area contributed by atoms with E-state index in [0.717, 1.165) is 44.0 Å². The van der Waals surface area contributed by atoms with Crippen LogP contribution in [0, 0.1) is 5.92 Å². The predicted octanol–water partition coefficient (Wildman–Crippen LogP) is 5.18. The van der Waals surface area contributed by atoms with Crippen LogP contribution < -0.4 is 0 Å². The lowest BCUT2D eigenvalue weighted by atomic mass is 9.94. The van der Waals surface area contributed by atoms with E-state index in [-0.39, 0.29) is 12.2 Å². The second-order valence-corrected chi connectivity index (χ2v) is 8.90. The van der Waals surface area contributed by atoms with Crippen molar-refractivity contribution in [3.63, 3.8) is 0 Å². The number of amides is 1. The standard InChI is InChI=1S/C19H21ClF3IN4O/c20-15-4-2-1-3-14(15)12-27(8-5-13-6-9-28(24)10-7-13)18(29)16-11-17(26-25-16)19(21,22)23/h1-4,11,13H,5-10,12H2,(H,25,26). The molecule has 3 rings (SSSR count). The van der Waals surface area contributed by atoms with Gasteiger partial charge in [0.2, 0.25) is 0 Å². The van der Waals surface area contributed by atoms with Crippen molar-refractivity contribution < 1.29 is 18.0 Å². The fourth-order valence-corrected chi connectivity index (χ4v) is 4.11. The molecular weight excluding hydrogens is 520 g/mol. The molecule has 0 spiro atoms. The SMILES string of the molecule is O=C(c1cc(C(F)(F)F)n[nH]1)N(CCC1CCN(I)CC1)Cc1ccccc1Cl. The first-order valence-corrected chi connectivity index (χ1v) is 10.6. The lowest BCUT2D eigenvalue weighted by molar-refractivity contribution is -0.141. The number of alkyl halides is 3. The van der Waals surface area contributed by atoms with E-state index in [9.17, 15) is 18.0 Å². The van der Waals surface area contributed by atoms with Crippen LogP contribution >= 0.6 is 34.5 Å². The Bertz CT molecular complexity index is 837. The lowest BCUT2D eigenvalue weighted by Gasteiger charge is -2.30. The third kappa shape index (κ3) is 6.08. The van der Waals surface area contributed by atoms with Gasteiger partial charge in [0.05, 0.1) is 0 Å². The van der Waals surface area contributed by atoms with Crippen LogP contribution in [0.15, 0.2) is 30.3 Å². The third-order valence-corrected chi connectivity index (χ3v) is 6.41. The highest BCUT2D eigenvalue weighted by atomic mass is 127. The largest absolute Gasteiger partial charge is 0.435 e. The number of carbonyl (C=O) groups is 1. The zero-order valence-electron chi connectivity index (χ0n) is 15.6. The summed E-state index contributed by atoms with van der Waals surface area (Å²) in [4.78, 5) is 14.5. The minimum atomic E-state index is -4.60. The Kier molecular flexibility index (Phi) is 7.44. The summed E-state index contributed by atoms with van der Waals surface area (Å²) in [5.41, 5.74) is -0.528. The van der Waals surface area contributed by atoms with Gasteiger partial charge in [-0.05, 0) is 36.8 Å². The summed E-state index contributed by atoms with van der Waals surface area (Å²) in [7, 11) is 0. The normalized spacial score (nSPS) is 16.2. The summed E-state index contributed by atoms with van der Waals surface area (Å²) in [5, 5.41) is 6.00. The van der Waals surface area contributed by atoms with E-state index in [1.165, 1.54) is 0 Å². The van der Waals surface area contributed by atoms with Gasteiger partial charge in [-0.3, -0.25) is 9.89 Å². The van der Waals surface area contributed by atoms with Crippen LogP contribution in [-0.2, 0) is 12.7 Å². The first-order chi connectivity index (χ1) is 13.7. The van der Waals surface area contributed by atoms with Crippen LogP contribution in [0.3, 0.4) is 0 Å². The number of hydrogen-bond donors (Lipinski definition) is 1. The Hall–Kier alpha value is -1.33. The molecular formula is C19H21ClF3IN4O. The van der Waals surface area contributed by atoms with E-state index in [0.29, 0.717) is 17.5 Å². The Balaban J connectivity index is 1.75. The molecule has 0 atom stereocenters. The molecule has 1 N–H and O–H groups in total. The highest BCUT2D eigenvalue weighted by Gasteiger charge is 2.35. The van der Waals surface area contributed by atoms with Crippen molar-refractivity contribution in [3.8, 4) is 0 Å². The van der Waals surface area contributed by atoms with Crippen LogP contribution in [0.5, 0.6) is 0 Å². The van der Waals surface area contributed by atoms with Crippen molar-refractivity contribution in [2.45, 2.75) is 32.0 Å². The van der Waals surface area contributed by atoms with Crippen molar-refractivity contribution in [1.82, 2.24) is 18.2 Å². The highest BCUT2D eigenvalue weighted by molar-refractivity contribution is 14.1. The van der Waals surface area contributed by atoms with E-state index in [4.69, 9.17) is 11.6 Å². The molecule has 1 aliphatic heterocycles. The molecule has 2 heterocycles. The number of nitrogens with one attached hydrogen (secondary N) is 1. The molecule has 1 aromatic heterocycles. The molecule has 2 aromatic rings. The van der Waals surface area contributed by atoms with Crippen molar-refractivity contribution >= 4 is 40.4 Å².